The molecule has 0 spiro atoms. The normalized spacial score (nSPS) is 13.4. The highest BCUT2D eigenvalue weighted by Crippen LogP contribution is 2.37. The second-order valence-corrected chi connectivity index (χ2v) is 8.88. The summed E-state index contributed by atoms with van der Waals surface area (Å²) in [6.07, 6.45) is 8.36. The molecule has 170 valence electrons. The first kappa shape index (κ1) is 26.0. The lowest BCUT2D eigenvalue weighted by Crippen LogP contribution is -2.24. The molecule has 0 saturated carbocycles. The van der Waals surface area contributed by atoms with E-state index in [1.165, 1.54) is 32.1 Å². The third kappa shape index (κ3) is 8.00. The third-order valence-corrected chi connectivity index (χ3v) is 5.61. The van der Waals surface area contributed by atoms with Crippen LogP contribution in [0.5, 0.6) is 5.75 Å². The van der Waals surface area contributed by atoms with Crippen molar-refractivity contribution in [3.05, 3.63) is 29.3 Å². The summed E-state index contributed by atoms with van der Waals surface area (Å²) in [7, 11) is 0. The average molecular weight is 421 g/mol. The van der Waals surface area contributed by atoms with E-state index in [1.54, 1.807) is 18.2 Å². The van der Waals surface area contributed by atoms with Crippen LogP contribution in [-0.4, -0.2) is 28.8 Å². The van der Waals surface area contributed by atoms with E-state index in [2.05, 4.69) is 6.92 Å². The molecule has 0 saturated heterocycles. The van der Waals surface area contributed by atoms with Gasteiger partial charge in [-0.05, 0) is 41.5 Å². The highest BCUT2D eigenvalue weighted by Gasteiger charge is 2.33. The van der Waals surface area contributed by atoms with Crippen LogP contribution in [0.3, 0.4) is 0 Å². The molecule has 2 atom stereocenters. The fourth-order valence-corrected chi connectivity index (χ4v) is 4.00. The van der Waals surface area contributed by atoms with E-state index < -0.39 is 23.8 Å². The molecule has 1 rings (SSSR count). The van der Waals surface area contributed by atoms with Crippen LogP contribution in [0.4, 0.5) is 0 Å². The molecule has 1 aromatic rings. The Morgan fingerprint density at radius 3 is 1.80 bits per heavy atom. The summed E-state index contributed by atoms with van der Waals surface area (Å²) in [5.41, 5.74) is 1.12. The van der Waals surface area contributed by atoms with E-state index in [-0.39, 0.29) is 11.8 Å². The van der Waals surface area contributed by atoms with E-state index >= 15 is 0 Å². The van der Waals surface area contributed by atoms with Crippen molar-refractivity contribution in [3.8, 4) is 5.75 Å². The molecule has 0 bridgehead atoms. The number of ether oxygens (including phenoxy) is 1. The SMILES string of the molecule is CCCCCCCCCOc1ccc(C(C(=O)O)C(C)C)c(C(C(=O)O)C(C)C)c1. The van der Waals surface area contributed by atoms with Crippen molar-refractivity contribution in [2.45, 2.75) is 91.4 Å². The molecule has 2 unspecified atom stereocenters. The standard InChI is InChI=1S/C25H40O5/c1-6-7-8-9-10-11-12-15-30-19-13-14-20(22(17(2)3)24(26)27)21(16-19)23(18(4)5)25(28)29/h13-14,16-18,22-23H,6-12,15H2,1-5H3,(H,26,27)(H,28,29). The Kier molecular flexibility index (Phi) is 11.5. The quantitative estimate of drug-likeness (QED) is 0.318. The summed E-state index contributed by atoms with van der Waals surface area (Å²) < 4.78 is 5.90. The molecule has 30 heavy (non-hydrogen) atoms. The van der Waals surface area contributed by atoms with Crippen molar-refractivity contribution in [1.29, 1.82) is 0 Å². The second-order valence-electron chi connectivity index (χ2n) is 8.88. The smallest absolute Gasteiger partial charge is 0.311 e. The summed E-state index contributed by atoms with van der Waals surface area (Å²) in [6.45, 7) is 10.2. The van der Waals surface area contributed by atoms with Gasteiger partial charge in [0, 0.05) is 0 Å². The molecule has 5 heteroatoms. The topological polar surface area (TPSA) is 83.8 Å². The zero-order chi connectivity index (χ0) is 22.7. The summed E-state index contributed by atoms with van der Waals surface area (Å²) >= 11 is 0. The number of carboxylic acids is 2. The third-order valence-electron chi connectivity index (χ3n) is 5.61. The van der Waals surface area contributed by atoms with E-state index in [9.17, 15) is 19.8 Å². The van der Waals surface area contributed by atoms with Gasteiger partial charge in [0.25, 0.3) is 0 Å². The van der Waals surface area contributed by atoms with Crippen molar-refractivity contribution in [2.75, 3.05) is 6.61 Å². The molecular weight excluding hydrogens is 380 g/mol. The van der Waals surface area contributed by atoms with E-state index in [0.717, 1.165) is 12.8 Å². The molecule has 0 fully saturated rings. The number of carboxylic acid groups (broad SMARTS) is 2. The van der Waals surface area contributed by atoms with Crippen molar-refractivity contribution >= 4 is 11.9 Å². The van der Waals surface area contributed by atoms with Gasteiger partial charge >= 0.3 is 11.9 Å². The number of benzene rings is 1. The Bertz CT molecular complexity index is 666. The number of aliphatic carboxylic acids is 2. The molecule has 0 aliphatic rings. The monoisotopic (exact) mass is 420 g/mol. The lowest BCUT2D eigenvalue weighted by atomic mass is 9.78. The van der Waals surface area contributed by atoms with Crippen molar-refractivity contribution < 1.29 is 24.5 Å². The van der Waals surface area contributed by atoms with Crippen LogP contribution in [-0.2, 0) is 9.59 Å². The molecule has 0 aliphatic heterocycles. The molecular formula is C25H40O5. The van der Waals surface area contributed by atoms with Crippen LogP contribution in [0.25, 0.3) is 0 Å². The van der Waals surface area contributed by atoms with Gasteiger partial charge in [0.05, 0.1) is 18.4 Å². The fourth-order valence-electron chi connectivity index (χ4n) is 4.00. The summed E-state index contributed by atoms with van der Waals surface area (Å²) in [4.78, 5) is 23.9. The highest BCUT2D eigenvalue weighted by atomic mass is 16.5. The van der Waals surface area contributed by atoms with Gasteiger partial charge in [-0.15, -0.1) is 0 Å². The van der Waals surface area contributed by atoms with Crippen molar-refractivity contribution in [1.82, 2.24) is 0 Å². The molecule has 2 N–H and O–H groups in total. The zero-order valence-corrected chi connectivity index (χ0v) is 19.3. The van der Waals surface area contributed by atoms with Crippen LogP contribution < -0.4 is 4.74 Å². The largest absolute Gasteiger partial charge is 0.494 e. The molecule has 0 aliphatic carbocycles. The van der Waals surface area contributed by atoms with Gasteiger partial charge in [-0.2, -0.15) is 0 Å². The van der Waals surface area contributed by atoms with Crippen LogP contribution in [0.2, 0.25) is 0 Å². The first-order valence-corrected chi connectivity index (χ1v) is 11.4. The lowest BCUT2D eigenvalue weighted by molar-refractivity contribution is -0.141. The molecule has 0 aromatic heterocycles. The minimum atomic E-state index is -0.941. The number of unbranched alkanes of at least 4 members (excludes halogenated alkanes) is 6. The Hall–Kier alpha value is -2.04. The number of carbonyl (C=O) groups is 2. The molecule has 0 radical (unpaired) electrons. The number of hydrogen-bond acceptors (Lipinski definition) is 3. The van der Waals surface area contributed by atoms with Gasteiger partial charge < -0.3 is 14.9 Å². The summed E-state index contributed by atoms with van der Waals surface area (Å²) in [5.74, 6) is -3.11. The van der Waals surface area contributed by atoms with Gasteiger partial charge in [-0.1, -0.05) is 79.2 Å². The van der Waals surface area contributed by atoms with Gasteiger partial charge in [0.2, 0.25) is 0 Å². The number of rotatable bonds is 15. The number of hydrogen-bond donors (Lipinski definition) is 2. The lowest BCUT2D eigenvalue weighted by Gasteiger charge is -2.26. The first-order chi connectivity index (χ1) is 14.2. The van der Waals surface area contributed by atoms with Gasteiger partial charge in [-0.25, -0.2) is 0 Å². The minimum Gasteiger partial charge on any atom is -0.494 e. The maximum Gasteiger partial charge on any atom is 0.311 e. The maximum atomic E-state index is 12.0. The van der Waals surface area contributed by atoms with Gasteiger partial charge in [0.15, 0.2) is 0 Å². The first-order valence-electron chi connectivity index (χ1n) is 11.4. The Morgan fingerprint density at radius 2 is 1.30 bits per heavy atom. The Morgan fingerprint density at radius 1 is 0.800 bits per heavy atom. The summed E-state index contributed by atoms with van der Waals surface area (Å²) in [5, 5.41) is 19.6. The van der Waals surface area contributed by atoms with Crippen LogP contribution >= 0.6 is 0 Å². The predicted molar refractivity (Wildman–Crippen MR) is 120 cm³/mol. The average Bonchev–Trinajstić information content (AvgIpc) is 2.64. The highest BCUT2D eigenvalue weighted by molar-refractivity contribution is 5.81. The van der Waals surface area contributed by atoms with Gasteiger partial charge in [0.1, 0.15) is 5.75 Å². The Balaban J connectivity index is 2.98. The zero-order valence-electron chi connectivity index (χ0n) is 19.3. The molecule has 0 amide bonds. The minimum absolute atomic E-state index is 0.151. The van der Waals surface area contributed by atoms with Crippen molar-refractivity contribution in [3.63, 3.8) is 0 Å². The van der Waals surface area contributed by atoms with Crippen molar-refractivity contribution in [2.24, 2.45) is 11.8 Å². The fraction of sp³-hybridized carbons (Fsp3) is 0.680. The summed E-state index contributed by atoms with van der Waals surface area (Å²) in [6, 6.07) is 5.26. The molecule has 5 nitrogen and oxygen atoms in total. The van der Waals surface area contributed by atoms with E-state index in [4.69, 9.17) is 4.74 Å². The molecule has 0 heterocycles. The van der Waals surface area contributed by atoms with Gasteiger partial charge in [-0.3, -0.25) is 9.59 Å². The maximum absolute atomic E-state index is 12.0. The molecule has 1 aromatic carbocycles. The van der Waals surface area contributed by atoms with E-state index in [1.807, 2.05) is 27.7 Å². The second kappa shape index (κ2) is 13.3. The predicted octanol–water partition coefficient (Wildman–Crippen LogP) is 6.46. The Labute approximate surface area is 181 Å². The van der Waals surface area contributed by atoms with E-state index in [0.29, 0.717) is 23.5 Å². The van der Waals surface area contributed by atoms with Crippen LogP contribution in [0.15, 0.2) is 18.2 Å². The van der Waals surface area contributed by atoms with Crippen LogP contribution in [0.1, 0.15) is 103 Å². The van der Waals surface area contributed by atoms with Crippen LogP contribution in [0, 0.1) is 11.8 Å².